The number of hydrogen-bond acceptors (Lipinski definition) is 3. The monoisotopic (exact) mass is 180 g/mol. The third-order valence-corrected chi connectivity index (χ3v) is 1.84. The van der Waals surface area contributed by atoms with Gasteiger partial charge in [-0.15, -0.1) is 0 Å². The van der Waals surface area contributed by atoms with Crippen molar-refractivity contribution in [2.24, 2.45) is 0 Å². The normalized spacial score (nSPS) is 20.8. The Balaban J connectivity index is 2.46. The van der Waals surface area contributed by atoms with Crippen molar-refractivity contribution in [3.63, 3.8) is 0 Å². The molecule has 1 aromatic heterocycles. The molecule has 5 nitrogen and oxygen atoms in total. The SMILES string of the molecule is O=c1[nH]cc(C2C=CCO2)c(=O)[nH]1. The highest BCUT2D eigenvalue weighted by Crippen LogP contribution is 2.18. The van der Waals surface area contributed by atoms with Crippen molar-refractivity contribution in [2.45, 2.75) is 6.10 Å². The van der Waals surface area contributed by atoms with Crippen molar-refractivity contribution in [3.05, 3.63) is 44.8 Å². The van der Waals surface area contributed by atoms with Gasteiger partial charge < -0.3 is 9.72 Å². The van der Waals surface area contributed by atoms with Crippen molar-refractivity contribution in [1.82, 2.24) is 9.97 Å². The summed E-state index contributed by atoms with van der Waals surface area (Å²) in [5, 5.41) is 0. The van der Waals surface area contributed by atoms with E-state index >= 15 is 0 Å². The van der Waals surface area contributed by atoms with E-state index in [4.69, 9.17) is 4.74 Å². The third kappa shape index (κ3) is 1.46. The summed E-state index contributed by atoms with van der Waals surface area (Å²) in [7, 11) is 0. The molecule has 1 atom stereocenters. The second-order valence-corrected chi connectivity index (χ2v) is 2.71. The Bertz CT molecular complexity index is 443. The Morgan fingerprint density at radius 1 is 1.46 bits per heavy atom. The van der Waals surface area contributed by atoms with Crippen LogP contribution in [0.25, 0.3) is 0 Å². The van der Waals surface area contributed by atoms with Crippen molar-refractivity contribution < 1.29 is 4.74 Å². The molecule has 13 heavy (non-hydrogen) atoms. The minimum Gasteiger partial charge on any atom is -0.365 e. The van der Waals surface area contributed by atoms with E-state index in [1.165, 1.54) is 6.20 Å². The fourth-order valence-electron chi connectivity index (χ4n) is 1.22. The predicted molar refractivity (Wildman–Crippen MR) is 45.5 cm³/mol. The highest BCUT2D eigenvalue weighted by Gasteiger charge is 2.15. The van der Waals surface area contributed by atoms with Crippen LogP contribution in [0.1, 0.15) is 11.7 Å². The first-order valence-corrected chi connectivity index (χ1v) is 3.87. The van der Waals surface area contributed by atoms with E-state index in [0.29, 0.717) is 12.2 Å². The summed E-state index contributed by atoms with van der Waals surface area (Å²) in [5.41, 5.74) is -0.482. The Hall–Kier alpha value is -1.62. The number of aromatic nitrogens is 2. The molecule has 0 saturated carbocycles. The molecule has 0 saturated heterocycles. The van der Waals surface area contributed by atoms with Gasteiger partial charge >= 0.3 is 5.69 Å². The molecule has 0 aliphatic carbocycles. The van der Waals surface area contributed by atoms with E-state index in [1.54, 1.807) is 6.08 Å². The number of hydrogen-bond donors (Lipinski definition) is 2. The van der Waals surface area contributed by atoms with Crippen LogP contribution in [0.5, 0.6) is 0 Å². The van der Waals surface area contributed by atoms with Crippen LogP contribution in [0.2, 0.25) is 0 Å². The van der Waals surface area contributed by atoms with Crippen molar-refractivity contribution in [1.29, 1.82) is 0 Å². The summed E-state index contributed by atoms with van der Waals surface area (Å²) < 4.78 is 5.21. The van der Waals surface area contributed by atoms with Gasteiger partial charge in [0.25, 0.3) is 5.56 Å². The van der Waals surface area contributed by atoms with Crippen LogP contribution in [0.3, 0.4) is 0 Å². The molecule has 0 bridgehead atoms. The summed E-state index contributed by atoms with van der Waals surface area (Å²) in [6.07, 6.45) is 4.65. The van der Waals surface area contributed by atoms with Gasteiger partial charge in [0.15, 0.2) is 0 Å². The maximum atomic E-state index is 11.2. The lowest BCUT2D eigenvalue weighted by Gasteiger charge is -2.05. The molecule has 0 aromatic carbocycles. The lowest BCUT2D eigenvalue weighted by molar-refractivity contribution is 0.128. The maximum absolute atomic E-state index is 11.2. The van der Waals surface area contributed by atoms with Gasteiger partial charge in [-0.2, -0.15) is 0 Å². The molecule has 1 aromatic rings. The maximum Gasteiger partial charge on any atom is 0.325 e. The smallest absolute Gasteiger partial charge is 0.325 e. The lowest BCUT2D eigenvalue weighted by Crippen LogP contribution is -2.25. The number of nitrogens with one attached hydrogen (secondary N) is 2. The molecule has 68 valence electrons. The molecule has 0 fully saturated rings. The molecular formula is C8H8N2O3. The van der Waals surface area contributed by atoms with E-state index in [9.17, 15) is 9.59 Å². The van der Waals surface area contributed by atoms with E-state index in [0.717, 1.165) is 0 Å². The minimum absolute atomic E-state index is 0.333. The molecule has 2 rings (SSSR count). The first-order chi connectivity index (χ1) is 6.27. The summed E-state index contributed by atoms with van der Waals surface area (Å²) >= 11 is 0. The zero-order chi connectivity index (χ0) is 9.26. The van der Waals surface area contributed by atoms with Crippen LogP contribution >= 0.6 is 0 Å². The molecule has 1 aliphatic heterocycles. The zero-order valence-electron chi connectivity index (χ0n) is 6.74. The molecule has 2 heterocycles. The summed E-state index contributed by atoms with van der Waals surface area (Å²) in [5.74, 6) is 0. The highest BCUT2D eigenvalue weighted by molar-refractivity contribution is 5.16. The topological polar surface area (TPSA) is 75.0 Å². The van der Waals surface area contributed by atoms with Gasteiger partial charge in [-0.3, -0.25) is 9.78 Å². The van der Waals surface area contributed by atoms with Crippen LogP contribution in [-0.4, -0.2) is 16.6 Å². The number of ether oxygens (including phenoxy) is 1. The van der Waals surface area contributed by atoms with Gasteiger partial charge in [-0.1, -0.05) is 12.2 Å². The lowest BCUT2D eigenvalue weighted by atomic mass is 10.2. The quantitative estimate of drug-likeness (QED) is 0.582. The molecule has 0 amide bonds. The van der Waals surface area contributed by atoms with E-state index in [1.807, 2.05) is 6.08 Å². The number of H-pyrrole nitrogens is 2. The van der Waals surface area contributed by atoms with E-state index in [-0.39, 0.29) is 6.10 Å². The van der Waals surface area contributed by atoms with Crippen molar-refractivity contribution in [2.75, 3.05) is 6.61 Å². The second-order valence-electron chi connectivity index (χ2n) is 2.71. The van der Waals surface area contributed by atoms with Crippen LogP contribution in [0, 0.1) is 0 Å². The molecule has 0 radical (unpaired) electrons. The van der Waals surface area contributed by atoms with Crippen LogP contribution in [0.4, 0.5) is 0 Å². The Morgan fingerprint density at radius 2 is 2.31 bits per heavy atom. The van der Waals surface area contributed by atoms with E-state index < -0.39 is 11.2 Å². The molecule has 5 heteroatoms. The van der Waals surface area contributed by atoms with Gasteiger partial charge in [0.2, 0.25) is 0 Å². The summed E-state index contributed by atoms with van der Waals surface area (Å²) in [4.78, 5) is 26.5. The molecule has 1 aliphatic rings. The molecule has 1 unspecified atom stereocenters. The van der Waals surface area contributed by atoms with E-state index in [2.05, 4.69) is 9.97 Å². The fourth-order valence-corrected chi connectivity index (χ4v) is 1.22. The average molecular weight is 180 g/mol. The average Bonchev–Trinajstić information content (AvgIpc) is 2.56. The third-order valence-electron chi connectivity index (χ3n) is 1.84. The Kier molecular flexibility index (Phi) is 1.86. The van der Waals surface area contributed by atoms with Crippen LogP contribution < -0.4 is 11.2 Å². The van der Waals surface area contributed by atoms with Gasteiger partial charge in [-0.25, -0.2) is 4.79 Å². The molecule has 2 N–H and O–H groups in total. The van der Waals surface area contributed by atoms with Gasteiger partial charge in [-0.05, 0) is 0 Å². The fraction of sp³-hybridized carbons (Fsp3) is 0.250. The standard InChI is InChI=1S/C8H8N2O3/c11-7-5(4-9-8(12)10-7)6-2-1-3-13-6/h1-2,4,6H,3H2,(H2,9,10,11,12). The summed E-state index contributed by atoms with van der Waals surface area (Å²) in [6, 6.07) is 0. The zero-order valence-corrected chi connectivity index (χ0v) is 6.74. The van der Waals surface area contributed by atoms with Gasteiger partial charge in [0.1, 0.15) is 6.10 Å². The predicted octanol–water partition coefficient (Wildman–Crippen LogP) is -0.309. The Morgan fingerprint density at radius 3 is 2.92 bits per heavy atom. The Labute approximate surface area is 73.1 Å². The largest absolute Gasteiger partial charge is 0.365 e. The minimum atomic E-state index is -0.504. The highest BCUT2D eigenvalue weighted by atomic mass is 16.5. The first-order valence-electron chi connectivity index (χ1n) is 3.87. The summed E-state index contributed by atoms with van der Waals surface area (Å²) in [6.45, 7) is 0.503. The molecular weight excluding hydrogens is 172 g/mol. The number of aromatic amines is 2. The van der Waals surface area contributed by atoms with Crippen molar-refractivity contribution >= 4 is 0 Å². The van der Waals surface area contributed by atoms with Crippen molar-refractivity contribution in [3.8, 4) is 0 Å². The van der Waals surface area contributed by atoms with Gasteiger partial charge in [0, 0.05) is 6.20 Å². The first kappa shape index (κ1) is 8.00. The van der Waals surface area contributed by atoms with Crippen LogP contribution in [-0.2, 0) is 4.74 Å². The number of rotatable bonds is 1. The molecule has 0 spiro atoms. The second kappa shape index (κ2) is 3.02. The van der Waals surface area contributed by atoms with Gasteiger partial charge in [0.05, 0.1) is 12.2 Å². The van der Waals surface area contributed by atoms with Crippen LogP contribution in [0.15, 0.2) is 27.9 Å².